The van der Waals surface area contributed by atoms with Crippen molar-refractivity contribution >= 4 is 22.4 Å². The van der Waals surface area contributed by atoms with E-state index >= 15 is 0 Å². The number of carbonyl (C=O) groups excluding carboxylic acids is 1. The molecule has 2 heterocycles. The predicted molar refractivity (Wildman–Crippen MR) is 91.7 cm³/mol. The molecule has 1 N–H and O–H groups in total. The summed E-state index contributed by atoms with van der Waals surface area (Å²) >= 11 is 1.40. The second kappa shape index (κ2) is 6.79. The molecule has 0 saturated carbocycles. The first-order valence-corrected chi connectivity index (χ1v) is 8.15. The van der Waals surface area contributed by atoms with Crippen molar-refractivity contribution in [3.05, 3.63) is 52.2 Å². The summed E-state index contributed by atoms with van der Waals surface area (Å²) in [6.45, 7) is 4.43. The molecule has 0 aliphatic heterocycles. The molecule has 8 heteroatoms. The Morgan fingerprint density at radius 2 is 2.04 bits per heavy atom. The molecule has 3 aromatic rings. The molecule has 2 aromatic heterocycles. The van der Waals surface area contributed by atoms with Gasteiger partial charge in [-0.1, -0.05) is 35.0 Å². The van der Waals surface area contributed by atoms with Crippen LogP contribution >= 0.6 is 11.3 Å². The Kier molecular flexibility index (Phi) is 4.57. The summed E-state index contributed by atoms with van der Waals surface area (Å²) in [6, 6.07) is 8.07. The predicted octanol–water partition coefficient (Wildman–Crippen LogP) is 2.66. The number of hydrogen-bond donors (Lipinski definition) is 1. The molecular formula is C16H17N5O2S. The topological polar surface area (TPSA) is 81.9 Å². The van der Waals surface area contributed by atoms with Crippen molar-refractivity contribution in [2.24, 2.45) is 0 Å². The van der Waals surface area contributed by atoms with Crippen molar-refractivity contribution in [2.75, 3.05) is 12.4 Å². The summed E-state index contributed by atoms with van der Waals surface area (Å²) in [5.41, 5.74) is 2.37. The number of hydrogen-bond acceptors (Lipinski definition) is 6. The molecule has 124 valence electrons. The zero-order valence-corrected chi connectivity index (χ0v) is 14.4. The van der Waals surface area contributed by atoms with E-state index in [1.165, 1.54) is 24.0 Å². The van der Waals surface area contributed by atoms with Crippen LogP contribution in [-0.4, -0.2) is 33.0 Å². The third-order valence-corrected chi connectivity index (χ3v) is 4.22. The minimum atomic E-state index is -0.392. The Labute approximate surface area is 143 Å². The van der Waals surface area contributed by atoms with Gasteiger partial charge in [0.05, 0.1) is 13.7 Å². The van der Waals surface area contributed by atoms with Crippen molar-refractivity contribution in [1.82, 2.24) is 20.0 Å². The lowest BCUT2D eigenvalue weighted by Gasteiger charge is -2.07. The highest BCUT2D eigenvalue weighted by molar-refractivity contribution is 7.15. The molecule has 1 aromatic carbocycles. The molecule has 0 saturated heterocycles. The first kappa shape index (κ1) is 16.1. The molecule has 0 spiro atoms. The van der Waals surface area contributed by atoms with Crippen LogP contribution in [0.5, 0.6) is 5.88 Å². The molecule has 1 amide bonds. The van der Waals surface area contributed by atoms with Gasteiger partial charge in [0.1, 0.15) is 0 Å². The van der Waals surface area contributed by atoms with Gasteiger partial charge in [-0.05, 0) is 19.4 Å². The second-order valence-corrected chi connectivity index (χ2v) is 6.56. The highest BCUT2D eigenvalue weighted by Crippen LogP contribution is 2.21. The monoisotopic (exact) mass is 343 g/mol. The Bertz CT molecular complexity index is 854. The standard InChI is InChI=1S/C16H17N5O2S/c1-10-4-6-12(7-5-10)9-21-15(23-3)13(19-20-21)14(22)18-16-17-8-11(2)24-16/h4-8H,9H2,1-3H3,(H,17,18,22). The summed E-state index contributed by atoms with van der Waals surface area (Å²) in [7, 11) is 1.49. The fourth-order valence-electron chi connectivity index (χ4n) is 2.19. The largest absolute Gasteiger partial charge is 0.479 e. The molecule has 24 heavy (non-hydrogen) atoms. The molecule has 0 aliphatic rings. The highest BCUT2D eigenvalue weighted by Gasteiger charge is 2.21. The molecule has 0 atom stereocenters. The van der Waals surface area contributed by atoms with E-state index in [1.807, 2.05) is 38.1 Å². The van der Waals surface area contributed by atoms with Gasteiger partial charge in [-0.15, -0.1) is 16.4 Å². The maximum Gasteiger partial charge on any atom is 0.283 e. The number of nitrogens with one attached hydrogen (secondary N) is 1. The minimum absolute atomic E-state index is 0.137. The smallest absolute Gasteiger partial charge is 0.283 e. The van der Waals surface area contributed by atoms with Crippen LogP contribution in [0, 0.1) is 13.8 Å². The lowest BCUT2D eigenvalue weighted by atomic mass is 10.1. The fraction of sp³-hybridized carbons (Fsp3) is 0.250. The van der Waals surface area contributed by atoms with Crippen molar-refractivity contribution in [3.63, 3.8) is 0 Å². The first-order chi connectivity index (χ1) is 11.6. The van der Waals surface area contributed by atoms with Crippen LogP contribution in [0.3, 0.4) is 0 Å². The van der Waals surface area contributed by atoms with Crippen molar-refractivity contribution in [1.29, 1.82) is 0 Å². The number of ether oxygens (including phenoxy) is 1. The summed E-state index contributed by atoms with van der Waals surface area (Å²) in [6.07, 6.45) is 1.70. The molecule has 0 unspecified atom stereocenters. The lowest BCUT2D eigenvalue weighted by molar-refractivity contribution is 0.101. The maximum atomic E-state index is 12.4. The average Bonchev–Trinajstić information content (AvgIpc) is 3.15. The van der Waals surface area contributed by atoms with Crippen LogP contribution in [0.2, 0.25) is 0 Å². The van der Waals surface area contributed by atoms with E-state index in [0.29, 0.717) is 17.6 Å². The van der Waals surface area contributed by atoms with Crippen LogP contribution in [0.15, 0.2) is 30.5 Å². The molecule has 0 radical (unpaired) electrons. The van der Waals surface area contributed by atoms with E-state index in [4.69, 9.17) is 4.74 Å². The third-order valence-electron chi connectivity index (χ3n) is 3.39. The van der Waals surface area contributed by atoms with Crippen LogP contribution in [0.1, 0.15) is 26.5 Å². The number of amides is 1. The summed E-state index contributed by atoms with van der Waals surface area (Å²) in [5, 5.41) is 11.2. The van der Waals surface area contributed by atoms with Gasteiger partial charge in [-0.2, -0.15) is 0 Å². The number of aryl methyl sites for hydroxylation is 2. The molecular weight excluding hydrogens is 326 g/mol. The number of methoxy groups -OCH3 is 1. The zero-order valence-electron chi connectivity index (χ0n) is 13.6. The number of thiazole rings is 1. The van der Waals surface area contributed by atoms with E-state index in [9.17, 15) is 4.79 Å². The van der Waals surface area contributed by atoms with Gasteiger partial charge in [0.25, 0.3) is 5.91 Å². The van der Waals surface area contributed by atoms with Gasteiger partial charge >= 0.3 is 0 Å². The number of rotatable bonds is 5. The number of aromatic nitrogens is 4. The molecule has 7 nitrogen and oxygen atoms in total. The number of anilines is 1. The summed E-state index contributed by atoms with van der Waals surface area (Å²) in [5.74, 6) is -0.0716. The van der Waals surface area contributed by atoms with Gasteiger partial charge in [-0.3, -0.25) is 10.1 Å². The molecule has 3 rings (SSSR count). The van der Waals surface area contributed by atoms with Gasteiger partial charge in [0.15, 0.2) is 5.13 Å². The number of benzene rings is 1. The van der Waals surface area contributed by atoms with Crippen LogP contribution in [-0.2, 0) is 6.54 Å². The van der Waals surface area contributed by atoms with Gasteiger partial charge < -0.3 is 4.74 Å². The Morgan fingerprint density at radius 1 is 1.29 bits per heavy atom. The Balaban J connectivity index is 1.80. The van der Waals surface area contributed by atoms with E-state index in [0.717, 1.165) is 10.4 Å². The summed E-state index contributed by atoms with van der Waals surface area (Å²) in [4.78, 5) is 17.5. The minimum Gasteiger partial charge on any atom is -0.479 e. The van der Waals surface area contributed by atoms with E-state index in [1.54, 1.807) is 10.9 Å². The average molecular weight is 343 g/mol. The van der Waals surface area contributed by atoms with Crippen LogP contribution in [0.25, 0.3) is 0 Å². The van der Waals surface area contributed by atoms with Crippen molar-refractivity contribution < 1.29 is 9.53 Å². The third kappa shape index (κ3) is 3.43. The number of carbonyl (C=O) groups is 1. The zero-order chi connectivity index (χ0) is 17.1. The van der Waals surface area contributed by atoms with Crippen molar-refractivity contribution in [3.8, 4) is 5.88 Å². The van der Waals surface area contributed by atoms with Crippen LogP contribution < -0.4 is 10.1 Å². The molecule has 0 aliphatic carbocycles. The van der Waals surface area contributed by atoms with E-state index in [-0.39, 0.29) is 5.69 Å². The van der Waals surface area contributed by atoms with Crippen molar-refractivity contribution in [2.45, 2.75) is 20.4 Å². The summed E-state index contributed by atoms with van der Waals surface area (Å²) < 4.78 is 6.90. The first-order valence-electron chi connectivity index (χ1n) is 7.33. The van der Waals surface area contributed by atoms with Gasteiger partial charge in [-0.25, -0.2) is 9.67 Å². The quantitative estimate of drug-likeness (QED) is 0.770. The Hall–Kier alpha value is -2.74. The highest BCUT2D eigenvalue weighted by atomic mass is 32.1. The Morgan fingerprint density at radius 3 is 2.67 bits per heavy atom. The molecule has 0 bridgehead atoms. The van der Waals surface area contributed by atoms with Gasteiger partial charge in [0.2, 0.25) is 11.6 Å². The second-order valence-electron chi connectivity index (χ2n) is 5.32. The normalized spacial score (nSPS) is 10.6. The van der Waals surface area contributed by atoms with Crippen LogP contribution in [0.4, 0.5) is 5.13 Å². The van der Waals surface area contributed by atoms with Gasteiger partial charge in [0, 0.05) is 11.1 Å². The SMILES string of the molecule is COc1c(C(=O)Nc2ncc(C)s2)nnn1Cc1ccc(C)cc1. The molecule has 0 fully saturated rings. The lowest BCUT2D eigenvalue weighted by Crippen LogP contribution is -2.14. The van der Waals surface area contributed by atoms with E-state index < -0.39 is 5.91 Å². The fourth-order valence-corrected chi connectivity index (χ4v) is 2.85. The number of nitrogens with zero attached hydrogens (tertiary/aromatic N) is 4. The van der Waals surface area contributed by atoms with E-state index in [2.05, 4.69) is 20.6 Å². The maximum absolute atomic E-state index is 12.4.